The van der Waals surface area contributed by atoms with E-state index >= 15 is 0 Å². The summed E-state index contributed by atoms with van der Waals surface area (Å²) in [6, 6.07) is 0. The molecule has 6 nitrogen and oxygen atoms in total. The van der Waals surface area contributed by atoms with Gasteiger partial charge in [-0.15, -0.1) is 0 Å². The molecule has 0 rings (SSSR count). The summed E-state index contributed by atoms with van der Waals surface area (Å²) in [5.74, 6) is -1.03. The largest absolute Gasteiger partial charge is 0.462 e. The molecule has 0 aromatic heterocycles. The SMILES string of the molecule is CCCCCC/C=C\CCCC(=O)OCC(COC(=O)CCCCCCC/C=C\C=C/CCCCCCCCC)OC(=O)CC/C=C\C/C=C\CCCCCCCC. The fourth-order valence-corrected chi connectivity index (χ4v) is 6.55. The second-order valence-corrected chi connectivity index (χ2v) is 16.0. The van der Waals surface area contributed by atoms with Crippen molar-refractivity contribution >= 4 is 17.9 Å². The zero-order valence-corrected chi connectivity index (χ0v) is 38.0. The topological polar surface area (TPSA) is 78.9 Å². The van der Waals surface area contributed by atoms with Crippen LogP contribution in [0.5, 0.6) is 0 Å². The Bertz CT molecular complexity index is 1070. The Labute approximate surface area is 358 Å². The molecule has 0 aliphatic carbocycles. The highest BCUT2D eigenvalue weighted by Gasteiger charge is 2.19. The zero-order valence-electron chi connectivity index (χ0n) is 38.0. The molecule has 6 heteroatoms. The summed E-state index contributed by atoms with van der Waals surface area (Å²) >= 11 is 0. The van der Waals surface area contributed by atoms with Crippen LogP contribution < -0.4 is 0 Å². The molecule has 334 valence electrons. The Morgan fingerprint density at radius 2 is 0.724 bits per heavy atom. The Balaban J connectivity index is 4.43. The van der Waals surface area contributed by atoms with Crippen LogP contribution in [0.2, 0.25) is 0 Å². The predicted octanol–water partition coefficient (Wildman–Crippen LogP) is 15.7. The molecule has 58 heavy (non-hydrogen) atoms. The minimum Gasteiger partial charge on any atom is -0.462 e. The second kappa shape index (κ2) is 46.8. The van der Waals surface area contributed by atoms with Gasteiger partial charge in [0.25, 0.3) is 0 Å². The molecule has 0 bridgehead atoms. The first-order chi connectivity index (χ1) is 28.5. The Kier molecular flexibility index (Phi) is 44.5. The van der Waals surface area contributed by atoms with Crippen molar-refractivity contribution < 1.29 is 28.6 Å². The molecular weight excluding hydrogens is 721 g/mol. The third-order valence-electron chi connectivity index (χ3n) is 10.3. The van der Waals surface area contributed by atoms with E-state index in [2.05, 4.69) is 75.5 Å². The Morgan fingerprint density at radius 1 is 0.362 bits per heavy atom. The van der Waals surface area contributed by atoms with Gasteiger partial charge in [0.15, 0.2) is 6.10 Å². The van der Waals surface area contributed by atoms with Crippen molar-refractivity contribution in [2.75, 3.05) is 13.2 Å². The van der Waals surface area contributed by atoms with Crippen LogP contribution >= 0.6 is 0 Å². The molecule has 0 radical (unpaired) electrons. The van der Waals surface area contributed by atoms with Crippen molar-refractivity contribution in [1.82, 2.24) is 0 Å². The lowest BCUT2D eigenvalue weighted by Crippen LogP contribution is -2.30. The lowest BCUT2D eigenvalue weighted by atomic mass is 10.1. The van der Waals surface area contributed by atoms with E-state index in [1.165, 1.54) is 116 Å². The van der Waals surface area contributed by atoms with Gasteiger partial charge < -0.3 is 14.2 Å². The minimum absolute atomic E-state index is 0.113. The fourth-order valence-electron chi connectivity index (χ4n) is 6.55. The van der Waals surface area contributed by atoms with Crippen molar-refractivity contribution in [3.05, 3.63) is 60.8 Å². The van der Waals surface area contributed by atoms with E-state index in [1.54, 1.807) is 0 Å². The second-order valence-electron chi connectivity index (χ2n) is 16.0. The van der Waals surface area contributed by atoms with E-state index in [1.807, 2.05) is 6.08 Å². The predicted molar refractivity (Wildman–Crippen MR) is 247 cm³/mol. The lowest BCUT2D eigenvalue weighted by molar-refractivity contribution is -0.166. The zero-order chi connectivity index (χ0) is 42.3. The molecule has 0 amide bonds. The van der Waals surface area contributed by atoms with Crippen LogP contribution in [0.4, 0.5) is 0 Å². The van der Waals surface area contributed by atoms with Gasteiger partial charge in [-0.05, 0) is 83.5 Å². The standard InChI is InChI=1S/C52H90O6/c1-4-7-10-13-16-19-21-23-24-25-26-27-29-30-33-36-39-42-45-51(54)57-48-49(47-56-50(53)44-41-38-35-32-18-15-12-9-6-3)58-52(55)46-43-40-37-34-31-28-22-20-17-14-11-8-5-2/h24-28,31-32,35,37,40,49H,4-23,29-30,33-34,36,38-39,41-48H2,1-3H3/b25-24-,27-26-,31-28-,35-32-,40-37-. The van der Waals surface area contributed by atoms with Gasteiger partial charge in [-0.3, -0.25) is 14.4 Å². The van der Waals surface area contributed by atoms with E-state index in [0.717, 1.165) is 64.2 Å². The van der Waals surface area contributed by atoms with Gasteiger partial charge in [-0.25, -0.2) is 0 Å². The maximum Gasteiger partial charge on any atom is 0.306 e. The first-order valence-corrected chi connectivity index (χ1v) is 24.3. The average molecular weight is 811 g/mol. The van der Waals surface area contributed by atoms with E-state index in [-0.39, 0.29) is 37.5 Å². The molecule has 0 spiro atoms. The smallest absolute Gasteiger partial charge is 0.306 e. The molecule has 0 N–H and O–H groups in total. The summed E-state index contributed by atoms with van der Waals surface area (Å²) in [6.07, 6.45) is 56.6. The minimum atomic E-state index is -0.819. The molecule has 0 aromatic carbocycles. The molecule has 1 atom stereocenters. The highest BCUT2D eigenvalue weighted by atomic mass is 16.6. The number of ether oxygens (including phenoxy) is 3. The van der Waals surface area contributed by atoms with Gasteiger partial charge in [-0.2, -0.15) is 0 Å². The number of rotatable bonds is 43. The first-order valence-electron chi connectivity index (χ1n) is 24.3. The van der Waals surface area contributed by atoms with Crippen molar-refractivity contribution in [1.29, 1.82) is 0 Å². The van der Waals surface area contributed by atoms with E-state index in [4.69, 9.17) is 14.2 Å². The summed E-state index contributed by atoms with van der Waals surface area (Å²) in [5.41, 5.74) is 0. The number of esters is 3. The van der Waals surface area contributed by atoms with Crippen LogP contribution in [0.3, 0.4) is 0 Å². The van der Waals surface area contributed by atoms with Crippen LogP contribution in [0, 0.1) is 0 Å². The van der Waals surface area contributed by atoms with Gasteiger partial charge >= 0.3 is 17.9 Å². The van der Waals surface area contributed by atoms with Crippen LogP contribution in [0.15, 0.2) is 60.8 Å². The van der Waals surface area contributed by atoms with Gasteiger partial charge in [0.05, 0.1) is 0 Å². The molecule has 1 unspecified atom stereocenters. The normalized spacial score (nSPS) is 12.5. The van der Waals surface area contributed by atoms with Crippen molar-refractivity contribution in [3.63, 3.8) is 0 Å². The Morgan fingerprint density at radius 3 is 1.22 bits per heavy atom. The number of hydrogen-bond donors (Lipinski definition) is 0. The summed E-state index contributed by atoms with van der Waals surface area (Å²) in [7, 11) is 0. The van der Waals surface area contributed by atoms with Gasteiger partial charge in [0.1, 0.15) is 13.2 Å². The number of hydrogen-bond acceptors (Lipinski definition) is 6. The highest BCUT2D eigenvalue weighted by Crippen LogP contribution is 2.12. The molecule has 0 aliphatic heterocycles. The monoisotopic (exact) mass is 811 g/mol. The van der Waals surface area contributed by atoms with Gasteiger partial charge in [0.2, 0.25) is 0 Å². The lowest BCUT2D eigenvalue weighted by Gasteiger charge is -2.18. The molecule has 0 aromatic rings. The molecule has 0 fully saturated rings. The third kappa shape index (κ3) is 44.2. The number of allylic oxidation sites excluding steroid dienone is 10. The fraction of sp³-hybridized carbons (Fsp3) is 0.750. The molecule has 0 heterocycles. The Hall–Kier alpha value is -2.89. The number of unbranched alkanes of at least 4 members (excludes halogenated alkanes) is 23. The van der Waals surface area contributed by atoms with Crippen LogP contribution in [0.25, 0.3) is 0 Å². The van der Waals surface area contributed by atoms with Crippen LogP contribution in [-0.4, -0.2) is 37.2 Å². The average Bonchev–Trinajstić information content (AvgIpc) is 3.22. The third-order valence-corrected chi connectivity index (χ3v) is 10.3. The van der Waals surface area contributed by atoms with Crippen molar-refractivity contribution in [2.24, 2.45) is 0 Å². The molecule has 0 saturated heterocycles. The summed E-state index contributed by atoms with van der Waals surface area (Å²) < 4.78 is 16.6. The summed E-state index contributed by atoms with van der Waals surface area (Å²) in [6.45, 7) is 6.49. The number of carbonyl (C=O) groups is 3. The summed E-state index contributed by atoms with van der Waals surface area (Å²) in [5, 5.41) is 0. The van der Waals surface area contributed by atoms with Crippen molar-refractivity contribution in [2.45, 2.75) is 239 Å². The maximum atomic E-state index is 12.7. The molecular formula is C52H90O6. The van der Waals surface area contributed by atoms with Crippen LogP contribution in [0.1, 0.15) is 233 Å². The summed E-state index contributed by atoms with van der Waals surface area (Å²) in [4.78, 5) is 37.7. The molecule has 0 saturated carbocycles. The van der Waals surface area contributed by atoms with E-state index in [9.17, 15) is 14.4 Å². The highest BCUT2D eigenvalue weighted by molar-refractivity contribution is 5.71. The van der Waals surface area contributed by atoms with E-state index < -0.39 is 6.10 Å². The van der Waals surface area contributed by atoms with Crippen molar-refractivity contribution in [3.8, 4) is 0 Å². The van der Waals surface area contributed by atoms with E-state index in [0.29, 0.717) is 25.7 Å². The first kappa shape index (κ1) is 55.1. The van der Waals surface area contributed by atoms with Crippen LogP contribution in [-0.2, 0) is 28.6 Å². The van der Waals surface area contributed by atoms with Gasteiger partial charge in [0, 0.05) is 19.3 Å². The number of carbonyl (C=O) groups excluding carboxylic acids is 3. The quantitative estimate of drug-likeness (QED) is 0.0201. The molecule has 0 aliphatic rings. The maximum absolute atomic E-state index is 12.7. The van der Waals surface area contributed by atoms with Gasteiger partial charge in [-0.1, -0.05) is 191 Å².